The summed E-state index contributed by atoms with van der Waals surface area (Å²) in [6, 6.07) is 0. The third kappa shape index (κ3) is 4.31. The number of rotatable bonds is 2. The topological polar surface area (TPSA) is 96.6 Å². The van der Waals surface area contributed by atoms with E-state index < -0.39 is 5.60 Å². The average molecular weight is 350 g/mol. The summed E-state index contributed by atoms with van der Waals surface area (Å²) in [6.07, 6.45) is 1.78. The second kappa shape index (κ2) is 7.03. The van der Waals surface area contributed by atoms with Gasteiger partial charge in [0.2, 0.25) is 5.91 Å². The number of carbonyl (C=O) groups excluding carboxylic acids is 2. The van der Waals surface area contributed by atoms with E-state index in [1.807, 2.05) is 20.8 Å². The van der Waals surface area contributed by atoms with Crippen LogP contribution in [0.25, 0.3) is 0 Å². The zero-order valence-corrected chi connectivity index (χ0v) is 15.1. The first-order chi connectivity index (χ1) is 11.8. The van der Waals surface area contributed by atoms with E-state index in [0.29, 0.717) is 38.5 Å². The Kier molecular flexibility index (Phi) is 4.99. The van der Waals surface area contributed by atoms with Crippen LogP contribution in [-0.4, -0.2) is 52.5 Å². The molecule has 1 aromatic heterocycles. The molecule has 2 N–H and O–H groups in total. The molecule has 3 rings (SSSR count). The van der Waals surface area contributed by atoms with Gasteiger partial charge in [-0.05, 0) is 40.0 Å². The fraction of sp³-hybridized carbons (Fsp3) is 0.706. The molecule has 0 atom stereocenters. The lowest BCUT2D eigenvalue weighted by Crippen LogP contribution is -2.40. The van der Waals surface area contributed by atoms with Crippen molar-refractivity contribution in [1.29, 1.82) is 0 Å². The van der Waals surface area contributed by atoms with Crippen LogP contribution in [0.15, 0.2) is 0 Å². The van der Waals surface area contributed by atoms with Crippen LogP contribution in [0, 0.1) is 5.92 Å². The largest absolute Gasteiger partial charge is 0.444 e. The molecule has 0 aromatic carbocycles. The maximum absolute atomic E-state index is 12.4. The lowest BCUT2D eigenvalue weighted by molar-refractivity contribution is -0.122. The fourth-order valence-corrected chi connectivity index (χ4v) is 3.08. The fourth-order valence-electron chi connectivity index (χ4n) is 3.08. The Morgan fingerprint density at radius 3 is 2.72 bits per heavy atom. The van der Waals surface area contributed by atoms with Gasteiger partial charge in [0.25, 0.3) is 0 Å². The molecule has 2 amide bonds. The van der Waals surface area contributed by atoms with E-state index >= 15 is 0 Å². The number of nitrogens with zero attached hydrogens (tertiary/aromatic N) is 2. The molecule has 1 aromatic rings. The minimum Gasteiger partial charge on any atom is -0.444 e. The van der Waals surface area contributed by atoms with E-state index in [1.54, 1.807) is 4.90 Å². The number of carbonyl (C=O) groups is 2. The van der Waals surface area contributed by atoms with Crippen LogP contribution >= 0.6 is 0 Å². The van der Waals surface area contributed by atoms with Gasteiger partial charge in [-0.15, -0.1) is 0 Å². The molecular weight excluding hydrogens is 324 g/mol. The van der Waals surface area contributed by atoms with Crippen LogP contribution in [0.5, 0.6) is 0 Å². The van der Waals surface area contributed by atoms with Gasteiger partial charge >= 0.3 is 6.09 Å². The van der Waals surface area contributed by atoms with E-state index in [0.717, 1.165) is 24.1 Å². The first-order valence-corrected chi connectivity index (χ1v) is 8.76. The molecule has 138 valence electrons. The van der Waals surface area contributed by atoms with E-state index in [9.17, 15) is 9.59 Å². The molecule has 0 spiro atoms. The van der Waals surface area contributed by atoms with Crippen molar-refractivity contribution in [3.8, 4) is 0 Å². The highest BCUT2D eigenvalue weighted by molar-refractivity contribution is 5.92. The summed E-state index contributed by atoms with van der Waals surface area (Å²) in [7, 11) is 0. The molecule has 1 fully saturated rings. The number of hydrogen-bond acceptors (Lipinski definition) is 5. The minimum atomic E-state index is -0.520. The summed E-state index contributed by atoms with van der Waals surface area (Å²) in [6.45, 7) is 7.75. The van der Waals surface area contributed by atoms with Crippen molar-refractivity contribution in [2.24, 2.45) is 5.92 Å². The van der Waals surface area contributed by atoms with Crippen LogP contribution in [0.2, 0.25) is 0 Å². The lowest BCUT2D eigenvalue weighted by Gasteiger charge is -2.30. The second-order valence-corrected chi connectivity index (χ2v) is 7.56. The molecule has 0 unspecified atom stereocenters. The molecule has 8 heteroatoms. The number of ether oxygens (including phenoxy) is 2. The minimum absolute atomic E-state index is 0.00725. The predicted molar refractivity (Wildman–Crippen MR) is 91.1 cm³/mol. The maximum atomic E-state index is 12.4. The van der Waals surface area contributed by atoms with E-state index in [-0.39, 0.29) is 17.9 Å². The molecule has 0 bridgehead atoms. The summed E-state index contributed by atoms with van der Waals surface area (Å²) in [4.78, 5) is 26.2. The number of amides is 2. The van der Waals surface area contributed by atoms with Crippen LogP contribution < -0.4 is 5.32 Å². The number of aromatic nitrogens is 2. The van der Waals surface area contributed by atoms with Crippen LogP contribution in [0.4, 0.5) is 10.6 Å². The Hall–Kier alpha value is -2.09. The smallest absolute Gasteiger partial charge is 0.410 e. The highest BCUT2D eigenvalue weighted by Crippen LogP contribution is 2.26. The Bertz CT molecular complexity index is 644. The second-order valence-electron chi connectivity index (χ2n) is 7.56. The number of hydrogen-bond donors (Lipinski definition) is 2. The van der Waals surface area contributed by atoms with Crippen molar-refractivity contribution in [3.05, 3.63) is 11.3 Å². The van der Waals surface area contributed by atoms with Gasteiger partial charge in [-0.3, -0.25) is 9.89 Å². The summed E-state index contributed by atoms with van der Waals surface area (Å²) in [5.41, 5.74) is 1.30. The van der Waals surface area contributed by atoms with Crippen molar-refractivity contribution >= 4 is 17.8 Å². The molecule has 2 aliphatic heterocycles. The van der Waals surface area contributed by atoms with Crippen LogP contribution in [0.3, 0.4) is 0 Å². The standard InChI is InChI=1S/C17H26N4O4/c1-17(2,3)25-16(23)21-7-4-12-13(10-21)19-20-14(12)18-15(22)11-5-8-24-9-6-11/h11H,4-10H2,1-3H3,(H2,18,19,20,22). The van der Waals surface area contributed by atoms with Crippen molar-refractivity contribution in [2.75, 3.05) is 25.1 Å². The number of nitrogens with one attached hydrogen (secondary N) is 2. The highest BCUT2D eigenvalue weighted by atomic mass is 16.6. The van der Waals surface area contributed by atoms with Gasteiger partial charge in [0.1, 0.15) is 5.60 Å². The van der Waals surface area contributed by atoms with Crippen LogP contribution in [0.1, 0.15) is 44.9 Å². The predicted octanol–water partition coefficient (Wildman–Crippen LogP) is 2.07. The van der Waals surface area contributed by atoms with Crippen molar-refractivity contribution in [2.45, 2.75) is 52.2 Å². The first kappa shape index (κ1) is 17.7. The lowest BCUT2D eigenvalue weighted by atomic mass is 9.99. The Morgan fingerprint density at radius 2 is 2.04 bits per heavy atom. The third-order valence-electron chi connectivity index (χ3n) is 4.42. The van der Waals surface area contributed by atoms with Gasteiger partial charge in [0, 0.05) is 31.2 Å². The summed E-state index contributed by atoms with van der Waals surface area (Å²) in [5, 5.41) is 10.1. The zero-order valence-electron chi connectivity index (χ0n) is 15.1. The molecule has 0 radical (unpaired) electrons. The molecular formula is C17H26N4O4. The van der Waals surface area contributed by atoms with E-state index in [2.05, 4.69) is 15.5 Å². The summed E-state index contributed by atoms with van der Waals surface area (Å²) >= 11 is 0. The van der Waals surface area contributed by atoms with Gasteiger partial charge in [-0.25, -0.2) is 4.79 Å². The third-order valence-corrected chi connectivity index (χ3v) is 4.42. The molecule has 8 nitrogen and oxygen atoms in total. The van der Waals surface area contributed by atoms with Gasteiger partial charge in [0.15, 0.2) is 5.82 Å². The molecule has 3 heterocycles. The normalized spacial score (nSPS) is 18.6. The van der Waals surface area contributed by atoms with Crippen molar-refractivity contribution in [1.82, 2.24) is 15.1 Å². The number of aromatic amines is 1. The van der Waals surface area contributed by atoms with Gasteiger partial charge < -0.3 is 19.7 Å². The Labute approximate surface area is 147 Å². The number of fused-ring (bicyclic) bond motifs is 1. The van der Waals surface area contributed by atoms with E-state index in [4.69, 9.17) is 9.47 Å². The van der Waals surface area contributed by atoms with Crippen molar-refractivity contribution < 1.29 is 19.1 Å². The quantitative estimate of drug-likeness (QED) is 0.851. The SMILES string of the molecule is CC(C)(C)OC(=O)N1CCc2c(NC(=O)C3CCOCC3)n[nH]c2C1. The molecule has 25 heavy (non-hydrogen) atoms. The van der Waals surface area contributed by atoms with Gasteiger partial charge in [0.05, 0.1) is 12.2 Å². The van der Waals surface area contributed by atoms with Crippen molar-refractivity contribution in [3.63, 3.8) is 0 Å². The summed E-state index contributed by atoms with van der Waals surface area (Å²) < 4.78 is 10.7. The highest BCUT2D eigenvalue weighted by Gasteiger charge is 2.30. The summed E-state index contributed by atoms with van der Waals surface area (Å²) in [5.74, 6) is 0.547. The van der Waals surface area contributed by atoms with Gasteiger partial charge in [-0.1, -0.05) is 0 Å². The zero-order chi connectivity index (χ0) is 18.0. The Morgan fingerprint density at radius 1 is 1.32 bits per heavy atom. The van der Waals surface area contributed by atoms with Gasteiger partial charge in [-0.2, -0.15) is 5.10 Å². The van der Waals surface area contributed by atoms with Crippen LogP contribution in [-0.2, 0) is 27.2 Å². The number of anilines is 1. The molecule has 0 aliphatic carbocycles. The molecule has 2 aliphatic rings. The molecule has 0 saturated carbocycles. The Balaban J connectivity index is 1.62. The number of H-pyrrole nitrogens is 1. The molecule has 1 saturated heterocycles. The van der Waals surface area contributed by atoms with E-state index in [1.165, 1.54) is 0 Å². The average Bonchev–Trinajstić information content (AvgIpc) is 2.96. The monoisotopic (exact) mass is 350 g/mol. The first-order valence-electron chi connectivity index (χ1n) is 8.76. The maximum Gasteiger partial charge on any atom is 0.410 e.